The third-order valence-electron chi connectivity index (χ3n) is 2.04. The van der Waals surface area contributed by atoms with Gasteiger partial charge in [-0.15, -0.1) is 0 Å². The Bertz CT molecular complexity index is 618. The van der Waals surface area contributed by atoms with E-state index >= 15 is 0 Å². The van der Waals surface area contributed by atoms with E-state index in [1.54, 1.807) is 0 Å². The van der Waals surface area contributed by atoms with Gasteiger partial charge >= 0.3 is 11.9 Å². The predicted octanol–water partition coefficient (Wildman–Crippen LogP) is -0.0803. The van der Waals surface area contributed by atoms with Crippen molar-refractivity contribution in [2.75, 3.05) is 7.11 Å². The third kappa shape index (κ3) is 1.75. The second kappa shape index (κ2) is 3.74. The molecule has 0 aliphatic rings. The number of aromatic nitrogens is 3. The molecule has 88 valence electrons. The van der Waals surface area contributed by atoms with Crippen LogP contribution in [-0.2, 0) is 4.74 Å². The van der Waals surface area contributed by atoms with Crippen molar-refractivity contribution in [3.05, 3.63) is 23.7 Å². The highest BCUT2D eigenvalue weighted by Crippen LogP contribution is 2.13. The van der Waals surface area contributed by atoms with Gasteiger partial charge < -0.3 is 14.9 Å². The Morgan fingerprint density at radius 2 is 2.12 bits per heavy atom. The number of carboxylic acids is 1. The Balaban J connectivity index is 2.77. The zero-order valence-electron chi connectivity index (χ0n) is 8.62. The first-order valence-electron chi connectivity index (χ1n) is 4.43. The number of esters is 1. The summed E-state index contributed by atoms with van der Waals surface area (Å²) in [5.74, 6) is -2.52. The summed E-state index contributed by atoms with van der Waals surface area (Å²) < 4.78 is 5.64. The largest absolute Gasteiger partial charge is 0.492 e. The van der Waals surface area contributed by atoms with E-state index in [1.807, 2.05) is 0 Å². The Morgan fingerprint density at radius 1 is 1.41 bits per heavy atom. The second-order valence-electron chi connectivity index (χ2n) is 3.09. The molecule has 0 fully saturated rings. The molecule has 0 amide bonds. The number of carboxylic acid groups (broad SMARTS) is 1. The van der Waals surface area contributed by atoms with Gasteiger partial charge in [-0.1, -0.05) is 0 Å². The number of ether oxygens (including phenoxy) is 1. The summed E-state index contributed by atoms with van der Waals surface area (Å²) in [5, 5.41) is 18.0. The van der Waals surface area contributed by atoms with Gasteiger partial charge in [-0.05, 0) is 0 Å². The summed E-state index contributed by atoms with van der Waals surface area (Å²) in [4.78, 5) is 29.5. The van der Waals surface area contributed by atoms with E-state index in [4.69, 9.17) is 5.11 Å². The molecule has 8 nitrogen and oxygen atoms in total. The smallest absolute Gasteiger partial charge is 0.355 e. The Kier molecular flexibility index (Phi) is 2.39. The predicted molar refractivity (Wildman–Crippen MR) is 53.0 cm³/mol. The molecule has 0 atom stereocenters. The lowest BCUT2D eigenvalue weighted by Crippen LogP contribution is -2.12. The van der Waals surface area contributed by atoms with Crippen molar-refractivity contribution in [1.29, 1.82) is 0 Å². The molecular weight excluding hydrogens is 230 g/mol. The van der Waals surface area contributed by atoms with Crippen molar-refractivity contribution in [1.82, 2.24) is 14.4 Å². The normalized spacial score (nSPS) is 10.4. The number of carbonyl (C=O) groups excluding carboxylic acids is 1. The highest BCUT2D eigenvalue weighted by atomic mass is 16.5. The van der Waals surface area contributed by atoms with Gasteiger partial charge in [0.15, 0.2) is 5.69 Å². The van der Waals surface area contributed by atoms with Crippen LogP contribution in [0.3, 0.4) is 0 Å². The summed E-state index contributed by atoms with van der Waals surface area (Å²) >= 11 is 0. The fourth-order valence-corrected chi connectivity index (χ4v) is 1.32. The monoisotopic (exact) mass is 237 g/mol. The minimum Gasteiger partial charge on any atom is -0.492 e. The van der Waals surface area contributed by atoms with E-state index in [1.165, 1.54) is 0 Å². The fourth-order valence-electron chi connectivity index (χ4n) is 1.32. The van der Waals surface area contributed by atoms with E-state index in [0.29, 0.717) is 0 Å². The maximum Gasteiger partial charge on any atom is 0.355 e. The molecule has 0 unspecified atom stereocenters. The molecule has 0 saturated heterocycles. The van der Waals surface area contributed by atoms with Crippen LogP contribution < -0.4 is 0 Å². The van der Waals surface area contributed by atoms with Gasteiger partial charge in [0, 0.05) is 6.07 Å². The van der Waals surface area contributed by atoms with Crippen molar-refractivity contribution in [3.63, 3.8) is 0 Å². The first-order valence-corrected chi connectivity index (χ1v) is 4.43. The van der Waals surface area contributed by atoms with Crippen LogP contribution in [0, 0.1) is 0 Å². The Labute approximate surface area is 94.1 Å². The van der Waals surface area contributed by atoms with Crippen LogP contribution in [0.15, 0.2) is 12.3 Å². The highest BCUT2D eigenvalue weighted by molar-refractivity contribution is 5.92. The quantitative estimate of drug-likeness (QED) is 0.702. The lowest BCUT2D eigenvalue weighted by molar-refractivity contribution is 0.0592. The van der Waals surface area contributed by atoms with Crippen LogP contribution in [0.4, 0.5) is 0 Å². The van der Waals surface area contributed by atoms with Gasteiger partial charge in [-0.3, -0.25) is 4.40 Å². The number of fused-ring (bicyclic) bond motifs is 1. The molecule has 2 aromatic heterocycles. The number of rotatable bonds is 2. The zero-order chi connectivity index (χ0) is 12.6. The number of hydrogen-bond acceptors (Lipinski definition) is 6. The summed E-state index contributed by atoms with van der Waals surface area (Å²) in [6, 6.07) is 1.04. The summed E-state index contributed by atoms with van der Waals surface area (Å²) in [7, 11) is 1.16. The first-order chi connectivity index (χ1) is 8.02. The maximum atomic E-state index is 11.4. The van der Waals surface area contributed by atoms with Crippen LogP contribution in [0.25, 0.3) is 5.78 Å². The standard InChI is InChI=1S/C9H7N3O5/c1-17-8(16)5-2-4(7(14)15)10-9-11-6(13)3-12(5)9/h2-3,13H,1H3,(H,14,15). The summed E-state index contributed by atoms with van der Waals surface area (Å²) in [5.41, 5.74) is -0.439. The second-order valence-corrected chi connectivity index (χ2v) is 3.09. The SMILES string of the molecule is COC(=O)c1cc(C(=O)O)nc2nc(O)cn12. The summed E-state index contributed by atoms with van der Waals surface area (Å²) in [6.45, 7) is 0. The molecule has 0 saturated carbocycles. The molecule has 8 heteroatoms. The van der Waals surface area contributed by atoms with Gasteiger partial charge in [-0.25, -0.2) is 14.6 Å². The van der Waals surface area contributed by atoms with Crippen molar-refractivity contribution < 1.29 is 24.5 Å². The number of aromatic hydroxyl groups is 1. The van der Waals surface area contributed by atoms with Gasteiger partial charge in [0.1, 0.15) is 5.69 Å². The van der Waals surface area contributed by atoms with Gasteiger partial charge in [0.2, 0.25) is 11.7 Å². The molecule has 0 bridgehead atoms. The topological polar surface area (TPSA) is 114 Å². The highest BCUT2D eigenvalue weighted by Gasteiger charge is 2.18. The molecule has 0 spiro atoms. The molecule has 2 aromatic rings. The maximum absolute atomic E-state index is 11.4. The van der Waals surface area contributed by atoms with E-state index in [9.17, 15) is 14.7 Å². The van der Waals surface area contributed by atoms with Crippen molar-refractivity contribution in [2.24, 2.45) is 0 Å². The molecule has 17 heavy (non-hydrogen) atoms. The number of methoxy groups -OCH3 is 1. The Hall–Kier alpha value is -2.64. The number of imidazole rings is 1. The van der Waals surface area contributed by atoms with Gasteiger partial charge in [0.05, 0.1) is 13.3 Å². The number of aromatic carboxylic acids is 1. The van der Waals surface area contributed by atoms with Crippen molar-refractivity contribution >= 4 is 17.7 Å². The average Bonchev–Trinajstić information content (AvgIpc) is 2.66. The fraction of sp³-hybridized carbons (Fsp3) is 0.111. The van der Waals surface area contributed by atoms with E-state index in [2.05, 4.69) is 14.7 Å². The minimum absolute atomic E-state index is 0.0808. The average molecular weight is 237 g/mol. The van der Waals surface area contributed by atoms with Crippen molar-refractivity contribution in [3.8, 4) is 5.88 Å². The lowest BCUT2D eigenvalue weighted by Gasteiger charge is -2.03. The van der Waals surface area contributed by atoms with Crippen LogP contribution in [0.5, 0.6) is 5.88 Å². The van der Waals surface area contributed by atoms with Crippen LogP contribution in [0.2, 0.25) is 0 Å². The minimum atomic E-state index is -1.31. The Morgan fingerprint density at radius 3 is 2.71 bits per heavy atom. The van der Waals surface area contributed by atoms with Gasteiger partial charge in [-0.2, -0.15) is 4.98 Å². The molecule has 0 radical (unpaired) electrons. The van der Waals surface area contributed by atoms with E-state index in [-0.39, 0.29) is 23.0 Å². The molecule has 0 aliphatic heterocycles. The lowest BCUT2D eigenvalue weighted by atomic mass is 10.3. The molecule has 0 aliphatic carbocycles. The molecule has 2 rings (SSSR count). The van der Waals surface area contributed by atoms with Crippen LogP contribution in [0.1, 0.15) is 21.0 Å². The van der Waals surface area contributed by atoms with Gasteiger partial charge in [0.25, 0.3) is 0 Å². The first kappa shape index (κ1) is 10.9. The van der Waals surface area contributed by atoms with E-state index in [0.717, 1.165) is 23.8 Å². The van der Waals surface area contributed by atoms with E-state index < -0.39 is 11.9 Å². The molecular formula is C9H7N3O5. The zero-order valence-corrected chi connectivity index (χ0v) is 8.62. The van der Waals surface area contributed by atoms with Crippen LogP contribution in [-0.4, -0.2) is 43.6 Å². The third-order valence-corrected chi connectivity index (χ3v) is 2.04. The number of carbonyl (C=O) groups is 2. The van der Waals surface area contributed by atoms with Crippen LogP contribution >= 0.6 is 0 Å². The number of hydrogen-bond donors (Lipinski definition) is 2. The molecule has 0 aromatic carbocycles. The summed E-state index contributed by atoms with van der Waals surface area (Å²) in [6.07, 6.45) is 1.14. The molecule has 2 N–H and O–H groups in total. The number of nitrogens with zero attached hydrogens (tertiary/aromatic N) is 3. The van der Waals surface area contributed by atoms with Crippen molar-refractivity contribution in [2.45, 2.75) is 0 Å². The molecule has 2 heterocycles.